The summed E-state index contributed by atoms with van der Waals surface area (Å²) in [6.07, 6.45) is 3.87. The van der Waals surface area contributed by atoms with Gasteiger partial charge in [0.05, 0.1) is 22.6 Å². The van der Waals surface area contributed by atoms with E-state index in [1.807, 2.05) is 37.4 Å². The van der Waals surface area contributed by atoms with Gasteiger partial charge in [-0.15, -0.1) is 0 Å². The van der Waals surface area contributed by atoms with Gasteiger partial charge in [0, 0.05) is 36.5 Å². The van der Waals surface area contributed by atoms with Gasteiger partial charge in [-0.05, 0) is 37.7 Å². The zero-order valence-corrected chi connectivity index (χ0v) is 19.3. The molecule has 3 N–H and O–H groups in total. The molecule has 5 rings (SSSR count). The number of ketones is 1. The van der Waals surface area contributed by atoms with E-state index in [4.69, 9.17) is 16.3 Å². The number of para-hydroxylation sites is 1. The number of hydrogen-bond acceptors (Lipinski definition) is 7. The van der Waals surface area contributed by atoms with E-state index in [1.54, 1.807) is 24.4 Å². The molecule has 0 radical (unpaired) electrons. The number of anilines is 1. The molecule has 0 bridgehead atoms. The minimum absolute atomic E-state index is 0.0936. The summed E-state index contributed by atoms with van der Waals surface area (Å²) in [5.74, 6) is 1.56. The number of fused-ring (bicyclic) bond motifs is 1. The number of likely N-dealkylation sites (N-methyl/N-ethyl adjacent to an activating group) is 1. The number of carbonyl (C=O) groups is 1. The van der Waals surface area contributed by atoms with Crippen molar-refractivity contribution in [3.8, 4) is 11.5 Å². The maximum Gasteiger partial charge on any atom is 0.196 e. The highest BCUT2D eigenvalue weighted by atomic mass is 35.5. The molecule has 9 heteroatoms. The number of ether oxygens (including phenoxy) is 1. The topological polar surface area (TPSA) is 103 Å². The smallest absolute Gasteiger partial charge is 0.196 e. The van der Waals surface area contributed by atoms with Crippen LogP contribution in [0.1, 0.15) is 22.3 Å². The summed E-state index contributed by atoms with van der Waals surface area (Å²) in [5.41, 5.74) is 1.35. The first-order chi connectivity index (χ1) is 16.5. The molecule has 4 aromatic rings. The molecule has 174 valence electrons. The number of hydrogen-bond donors (Lipinski definition) is 3. The maximum absolute atomic E-state index is 13.5. The fourth-order valence-electron chi connectivity index (χ4n) is 4.36. The number of aliphatic hydroxyl groups excluding tert-OH is 1. The van der Waals surface area contributed by atoms with Crippen molar-refractivity contribution in [3.63, 3.8) is 0 Å². The highest BCUT2D eigenvalue weighted by molar-refractivity contribution is 6.35. The highest BCUT2D eigenvalue weighted by Gasteiger charge is 2.30. The lowest BCUT2D eigenvalue weighted by molar-refractivity contribution is 0.104. The van der Waals surface area contributed by atoms with Crippen LogP contribution >= 0.6 is 11.6 Å². The number of aliphatic hydroxyl groups is 1. The van der Waals surface area contributed by atoms with Crippen LogP contribution < -0.4 is 10.1 Å². The van der Waals surface area contributed by atoms with Crippen LogP contribution in [0, 0.1) is 0 Å². The number of H-pyrrole nitrogens is 1. The van der Waals surface area contributed by atoms with E-state index in [0.717, 1.165) is 13.0 Å². The fourth-order valence-corrected chi connectivity index (χ4v) is 4.61. The Morgan fingerprint density at radius 3 is 2.76 bits per heavy atom. The third-order valence-electron chi connectivity index (χ3n) is 6.12. The Hall–Kier alpha value is -3.46. The van der Waals surface area contributed by atoms with Crippen LogP contribution in [0.15, 0.2) is 61.1 Å². The van der Waals surface area contributed by atoms with Crippen molar-refractivity contribution < 1.29 is 14.6 Å². The Morgan fingerprint density at radius 2 is 2.03 bits per heavy atom. The molecule has 2 aromatic heterocycles. The average molecular weight is 478 g/mol. The Kier molecular flexibility index (Phi) is 6.19. The standard InChI is InChI=1S/C25H24ClN5O3/c1-31-12-15(9-16(31)13-32)30-25-22-20(11-27-24(22)28-14-29-25)23(33)19-8-7-18(10-21(19)26)34-17-5-3-2-4-6-17/h2-8,10-11,14-16,32H,9,12-13H2,1H3,(H2,27,28,29,30)/t15-,16+/m1/s1. The number of nitrogens with one attached hydrogen (secondary N) is 2. The van der Waals surface area contributed by atoms with E-state index < -0.39 is 0 Å². The van der Waals surface area contributed by atoms with Gasteiger partial charge in [-0.3, -0.25) is 9.69 Å². The third kappa shape index (κ3) is 4.35. The maximum atomic E-state index is 13.5. The summed E-state index contributed by atoms with van der Waals surface area (Å²) < 4.78 is 5.82. The lowest BCUT2D eigenvalue weighted by atomic mass is 10.0. The van der Waals surface area contributed by atoms with Crippen molar-refractivity contribution in [2.75, 3.05) is 25.5 Å². The predicted octanol–water partition coefficient (Wildman–Crippen LogP) is 4.11. The van der Waals surface area contributed by atoms with E-state index >= 15 is 0 Å². The molecule has 1 aliphatic rings. The van der Waals surface area contributed by atoms with Crippen LogP contribution in [0.5, 0.6) is 11.5 Å². The zero-order chi connectivity index (χ0) is 23.7. The first kappa shape index (κ1) is 22.3. The second kappa shape index (κ2) is 9.42. The van der Waals surface area contributed by atoms with E-state index in [2.05, 4.69) is 25.2 Å². The van der Waals surface area contributed by atoms with Crippen molar-refractivity contribution in [1.82, 2.24) is 19.9 Å². The minimum Gasteiger partial charge on any atom is -0.457 e. The Morgan fingerprint density at radius 1 is 1.21 bits per heavy atom. The molecular formula is C25H24ClN5O3. The summed E-state index contributed by atoms with van der Waals surface area (Å²) in [6, 6.07) is 14.6. The number of carbonyl (C=O) groups excluding carboxylic acids is 1. The summed E-state index contributed by atoms with van der Waals surface area (Å²) >= 11 is 6.50. The van der Waals surface area contributed by atoms with Gasteiger partial charge in [0.1, 0.15) is 29.3 Å². The van der Waals surface area contributed by atoms with E-state index in [0.29, 0.717) is 44.5 Å². The SMILES string of the molecule is CN1C[C@H](Nc2ncnc3[nH]cc(C(=O)c4ccc(Oc5ccccc5)cc4Cl)c23)C[C@H]1CO. The number of halogens is 1. The lowest BCUT2D eigenvalue weighted by Crippen LogP contribution is -2.28. The fraction of sp³-hybridized carbons (Fsp3) is 0.240. The lowest BCUT2D eigenvalue weighted by Gasteiger charge is -2.15. The first-order valence-electron chi connectivity index (χ1n) is 11.0. The van der Waals surface area contributed by atoms with E-state index in [9.17, 15) is 9.90 Å². The molecule has 1 aliphatic heterocycles. The van der Waals surface area contributed by atoms with Crippen molar-refractivity contribution >= 4 is 34.2 Å². The average Bonchev–Trinajstić information content (AvgIpc) is 3.43. The van der Waals surface area contributed by atoms with Crippen LogP contribution in [0.2, 0.25) is 5.02 Å². The quantitative estimate of drug-likeness (QED) is 0.344. The minimum atomic E-state index is -0.239. The Bertz CT molecular complexity index is 1330. The molecule has 0 amide bonds. The van der Waals surface area contributed by atoms with Crippen LogP contribution in [0.4, 0.5) is 5.82 Å². The molecule has 0 spiro atoms. The number of benzene rings is 2. The van der Waals surface area contributed by atoms with Crippen LogP contribution in [-0.4, -0.2) is 63.0 Å². The van der Waals surface area contributed by atoms with Gasteiger partial charge in [-0.2, -0.15) is 0 Å². The normalized spacial score (nSPS) is 18.3. The molecule has 34 heavy (non-hydrogen) atoms. The highest BCUT2D eigenvalue weighted by Crippen LogP contribution is 2.32. The summed E-state index contributed by atoms with van der Waals surface area (Å²) in [4.78, 5) is 27.3. The monoisotopic (exact) mass is 477 g/mol. The van der Waals surface area contributed by atoms with Crippen LogP contribution in [-0.2, 0) is 0 Å². The molecule has 0 saturated carbocycles. The molecule has 0 aliphatic carbocycles. The van der Waals surface area contributed by atoms with Crippen molar-refractivity contribution in [1.29, 1.82) is 0 Å². The van der Waals surface area contributed by atoms with Crippen molar-refractivity contribution in [2.45, 2.75) is 18.5 Å². The van der Waals surface area contributed by atoms with Gasteiger partial charge in [0.15, 0.2) is 5.78 Å². The molecule has 2 aromatic carbocycles. The number of likely N-dealkylation sites (tertiary alicyclic amines) is 1. The molecule has 0 unspecified atom stereocenters. The van der Waals surface area contributed by atoms with Gasteiger partial charge in [0.2, 0.25) is 0 Å². The largest absolute Gasteiger partial charge is 0.457 e. The number of aromatic amines is 1. The van der Waals surface area contributed by atoms with Gasteiger partial charge >= 0.3 is 0 Å². The molecule has 3 heterocycles. The van der Waals surface area contributed by atoms with E-state index in [1.165, 1.54) is 6.33 Å². The summed E-state index contributed by atoms with van der Waals surface area (Å²) in [7, 11) is 1.98. The molecule has 1 saturated heterocycles. The predicted molar refractivity (Wildman–Crippen MR) is 131 cm³/mol. The molecular weight excluding hydrogens is 454 g/mol. The Balaban J connectivity index is 1.42. The first-order valence-corrected chi connectivity index (χ1v) is 11.4. The van der Waals surface area contributed by atoms with Crippen LogP contribution in [0.25, 0.3) is 11.0 Å². The second-order valence-corrected chi connectivity index (χ2v) is 8.79. The van der Waals surface area contributed by atoms with Gasteiger partial charge < -0.3 is 20.1 Å². The zero-order valence-electron chi connectivity index (χ0n) is 18.5. The van der Waals surface area contributed by atoms with Gasteiger partial charge in [0.25, 0.3) is 0 Å². The molecule has 1 fully saturated rings. The van der Waals surface area contributed by atoms with E-state index in [-0.39, 0.29) is 24.5 Å². The third-order valence-corrected chi connectivity index (χ3v) is 6.43. The summed E-state index contributed by atoms with van der Waals surface area (Å²) in [6.45, 7) is 0.864. The van der Waals surface area contributed by atoms with Crippen LogP contribution in [0.3, 0.4) is 0 Å². The van der Waals surface area contributed by atoms with Gasteiger partial charge in [-0.25, -0.2) is 9.97 Å². The second-order valence-electron chi connectivity index (χ2n) is 8.39. The van der Waals surface area contributed by atoms with Crippen molar-refractivity contribution in [3.05, 3.63) is 77.2 Å². The molecule has 2 atom stereocenters. The summed E-state index contributed by atoms with van der Waals surface area (Å²) in [5, 5.41) is 13.9. The van der Waals surface area contributed by atoms with Gasteiger partial charge in [-0.1, -0.05) is 29.8 Å². The number of aromatic nitrogens is 3. The number of rotatable bonds is 7. The number of nitrogens with zero attached hydrogens (tertiary/aromatic N) is 3. The van der Waals surface area contributed by atoms with Crippen molar-refractivity contribution in [2.24, 2.45) is 0 Å². The Labute approximate surface area is 201 Å². The molecule has 8 nitrogen and oxygen atoms in total.